The molecule has 1 heterocycles. The summed E-state index contributed by atoms with van der Waals surface area (Å²) < 4.78 is 15.7. The van der Waals surface area contributed by atoms with Crippen molar-refractivity contribution in [3.8, 4) is 22.9 Å². The van der Waals surface area contributed by atoms with Gasteiger partial charge in [-0.25, -0.2) is 0 Å². The maximum atomic E-state index is 12.6. The molecule has 3 rings (SSSR count). The molecule has 0 bridgehead atoms. The molecule has 0 saturated carbocycles. The van der Waals surface area contributed by atoms with Crippen LogP contribution >= 0.6 is 0 Å². The van der Waals surface area contributed by atoms with Gasteiger partial charge in [0.2, 0.25) is 11.7 Å². The van der Waals surface area contributed by atoms with Crippen LogP contribution in [-0.2, 0) is 0 Å². The summed E-state index contributed by atoms with van der Waals surface area (Å²) in [6.07, 6.45) is 0. The third-order valence-corrected chi connectivity index (χ3v) is 4.36. The summed E-state index contributed by atoms with van der Waals surface area (Å²) in [6, 6.07) is 13.9. The summed E-state index contributed by atoms with van der Waals surface area (Å²) in [5.74, 6) is 2.11. The van der Waals surface area contributed by atoms with Crippen LogP contribution in [0, 0.1) is 5.92 Å². The van der Waals surface area contributed by atoms with Gasteiger partial charge in [0, 0.05) is 11.1 Å². The van der Waals surface area contributed by atoms with E-state index in [2.05, 4.69) is 15.5 Å². The normalized spacial score (nSPS) is 11.9. The van der Waals surface area contributed by atoms with E-state index in [1.165, 1.54) is 0 Å². The average molecular weight is 381 g/mol. The SMILES string of the molecule is COc1ccc(C(=O)N[C@@H](c2nc(-c3ccc(OC)cc3)no2)C(C)C)cc1. The Hall–Kier alpha value is -3.35. The highest BCUT2D eigenvalue weighted by atomic mass is 16.5. The molecule has 3 aromatic rings. The first-order valence-corrected chi connectivity index (χ1v) is 8.94. The fourth-order valence-electron chi connectivity index (χ4n) is 2.70. The molecule has 146 valence electrons. The Balaban J connectivity index is 1.78. The monoisotopic (exact) mass is 381 g/mol. The fraction of sp³-hybridized carbons (Fsp3) is 0.286. The molecular weight excluding hydrogens is 358 g/mol. The number of ether oxygens (including phenoxy) is 2. The van der Waals surface area contributed by atoms with Gasteiger partial charge in [0.15, 0.2) is 0 Å². The Bertz CT molecular complexity index is 918. The summed E-state index contributed by atoms with van der Waals surface area (Å²) in [7, 11) is 3.19. The van der Waals surface area contributed by atoms with E-state index in [4.69, 9.17) is 14.0 Å². The van der Waals surface area contributed by atoms with Crippen LogP contribution in [0.3, 0.4) is 0 Å². The van der Waals surface area contributed by atoms with E-state index >= 15 is 0 Å². The Labute approximate surface area is 163 Å². The zero-order valence-electron chi connectivity index (χ0n) is 16.3. The average Bonchev–Trinajstić information content (AvgIpc) is 3.21. The van der Waals surface area contributed by atoms with E-state index in [0.29, 0.717) is 23.0 Å². The first-order chi connectivity index (χ1) is 13.5. The molecule has 0 aliphatic heterocycles. The highest BCUT2D eigenvalue weighted by Crippen LogP contribution is 2.25. The largest absolute Gasteiger partial charge is 0.497 e. The molecule has 1 N–H and O–H groups in total. The predicted molar refractivity (Wildman–Crippen MR) is 104 cm³/mol. The van der Waals surface area contributed by atoms with Gasteiger partial charge in [-0.15, -0.1) is 0 Å². The molecule has 0 aliphatic carbocycles. The van der Waals surface area contributed by atoms with E-state index < -0.39 is 6.04 Å². The van der Waals surface area contributed by atoms with Gasteiger partial charge in [-0.05, 0) is 54.4 Å². The number of nitrogens with one attached hydrogen (secondary N) is 1. The van der Waals surface area contributed by atoms with Gasteiger partial charge >= 0.3 is 0 Å². The molecule has 0 fully saturated rings. The van der Waals surface area contributed by atoms with Crippen molar-refractivity contribution in [2.75, 3.05) is 14.2 Å². The molecule has 1 aromatic heterocycles. The summed E-state index contributed by atoms with van der Waals surface area (Å²) in [5.41, 5.74) is 1.33. The van der Waals surface area contributed by atoms with Gasteiger partial charge in [0.25, 0.3) is 5.91 Å². The third kappa shape index (κ3) is 4.31. The van der Waals surface area contributed by atoms with Crippen LogP contribution < -0.4 is 14.8 Å². The lowest BCUT2D eigenvalue weighted by Gasteiger charge is -2.18. The number of hydrogen-bond donors (Lipinski definition) is 1. The number of nitrogens with zero attached hydrogens (tertiary/aromatic N) is 2. The lowest BCUT2D eigenvalue weighted by atomic mass is 10.0. The molecule has 1 amide bonds. The molecule has 7 heteroatoms. The topological polar surface area (TPSA) is 86.5 Å². The second kappa shape index (κ2) is 8.56. The highest BCUT2D eigenvalue weighted by molar-refractivity contribution is 5.94. The zero-order valence-corrected chi connectivity index (χ0v) is 16.3. The van der Waals surface area contributed by atoms with Crippen LogP contribution in [0.2, 0.25) is 0 Å². The van der Waals surface area contributed by atoms with Gasteiger partial charge < -0.3 is 19.3 Å². The zero-order chi connectivity index (χ0) is 20.1. The summed E-state index contributed by atoms with van der Waals surface area (Å²) >= 11 is 0. The van der Waals surface area contributed by atoms with Crippen molar-refractivity contribution in [1.29, 1.82) is 0 Å². The summed E-state index contributed by atoms with van der Waals surface area (Å²) in [6.45, 7) is 3.96. The number of amides is 1. The molecule has 0 radical (unpaired) electrons. The van der Waals surface area contributed by atoms with Crippen molar-refractivity contribution in [1.82, 2.24) is 15.5 Å². The number of carbonyl (C=O) groups is 1. The predicted octanol–water partition coefficient (Wildman–Crippen LogP) is 3.88. The molecule has 0 unspecified atom stereocenters. The second-order valence-corrected chi connectivity index (χ2v) is 6.61. The van der Waals surface area contributed by atoms with Crippen molar-refractivity contribution in [3.05, 3.63) is 60.0 Å². The smallest absolute Gasteiger partial charge is 0.251 e. The lowest BCUT2D eigenvalue weighted by molar-refractivity contribution is 0.0914. The van der Waals surface area contributed by atoms with E-state index in [-0.39, 0.29) is 11.8 Å². The maximum Gasteiger partial charge on any atom is 0.251 e. The van der Waals surface area contributed by atoms with Crippen molar-refractivity contribution in [2.24, 2.45) is 5.92 Å². The molecule has 0 spiro atoms. The van der Waals surface area contributed by atoms with Crippen molar-refractivity contribution >= 4 is 5.91 Å². The van der Waals surface area contributed by atoms with Crippen LogP contribution in [-0.4, -0.2) is 30.3 Å². The molecule has 0 aliphatic rings. The number of carbonyl (C=O) groups excluding carboxylic acids is 1. The van der Waals surface area contributed by atoms with Crippen LogP contribution in [0.25, 0.3) is 11.4 Å². The minimum Gasteiger partial charge on any atom is -0.497 e. The van der Waals surface area contributed by atoms with Gasteiger partial charge in [-0.3, -0.25) is 4.79 Å². The first-order valence-electron chi connectivity index (χ1n) is 8.94. The highest BCUT2D eigenvalue weighted by Gasteiger charge is 2.25. The van der Waals surface area contributed by atoms with Crippen molar-refractivity contribution < 1.29 is 18.8 Å². The molecular formula is C21H23N3O4. The number of aromatic nitrogens is 2. The minimum absolute atomic E-state index is 0.0614. The molecule has 2 aromatic carbocycles. The van der Waals surface area contributed by atoms with Gasteiger partial charge in [-0.2, -0.15) is 4.98 Å². The third-order valence-electron chi connectivity index (χ3n) is 4.36. The fourth-order valence-corrected chi connectivity index (χ4v) is 2.70. The maximum absolute atomic E-state index is 12.6. The van der Waals surface area contributed by atoms with Gasteiger partial charge in [0.05, 0.1) is 14.2 Å². The number of hydrogen-bond acceptors (Lipinski definition) is 6. The van der Waals surface area contributed by atoms with Crippen LogP contribution in [0.4, 0.5) is 0 Å². The first kappa shape index (κ1) is 19.4. The van der Waals surface area contributed by atoms with Gasteiger partial charge in [0.1, 0.15) is 17.5 Å². The molecule has 7 nitrogen and oxygen atoms in total. The van der Waals surface area contributed by atoms with E-state index in [0.717, 1.165) is 11.3 Å². The van der Waals surface area contributed by atoms with Crippen LogP contribution in [0.5, 0.6) is 11.5 Å². The van der Waals surface area contributed by atoms with E-state index in [1.807, 2.05) is 38.1 Å². The number of benzene rings is 2. The Morgan fingerprint density at radius 1 is 0.964 bits per heavy atom. The van der Waals surface area contributed by atoms with E-state index in [1.54, 1.807) is 38.5 Å². The number of methoxy groups -OCH3 is 2. The van der Waals surface area contributed by atoms with Crippen molar-refractivity contribution in [2.45, 2.75) is 19.9 Å². The van der Waals surface area contributed by atoms with Crippen molar-refractivity contribution in [3.63, 3.8) is 0 Å². The van der Waals surface area contributed by atoms with Crippen LogP contribution in [0.1, 0.15) is 36.1 Å². The minimum atomic E-state index is -0.408. The number of rotatable bonds is 7. The molecule has 1 atom stereocenters. The summed E-state index contributed by atoms with van der Waals surface area (Å²) in [5, 5.41) is 7.03. The van der Waals surface area contributed by atoms with Gasteiger partial charge in [-0.1, -0.05) is 19.0 Å². The standard InChI is InChI=1S/C21H23N3O4/c1-13(2)18(22-20(25)15-7-11-17(27-4)12-8-15)21-23-19(24-28-21)14-5-9-16(26-3)10-6-14/h5-13,18H,1-4H3,(H,22,25)/t18-/m1/s1. The lowest BCUT2D eigenvalue weighted by Crippen LogP contribution is -2.32. The Morgan fingerprint density at radius 2 is 1.54 bits per heavy atom. The van der Waals surface area contributed by atoms with Crippen LogP contribution in [0.15, 0.2) is 53.1 Å². The molecule has 0 saturated heterocycles. The molecule has 28 heavy (non-hydrogen) atoms. The Kier molecular flexibility index (Phi) is 5.93. The summed E-state index contributed by atoms with van der Waals surface area (Å²) in [4.78, 5) is 17.1. The second-order valence-electron chi connectivity index (χ2n) is 6.61. The van der Waals surface area contributed by atoms with E-state index in [9.17, 15) is 4.79 Å². The quantitative estimate of drug-likeness (QED) is 0.668. The Morgan fingerprint density at radius 3 is 2.07 bits per heavy atom.